The van der Waals surface area contributed by atoms with Crippen molar-refractivity contribution in [1.29, 1.82) is 0 Å². The first-order valence-electron chi connectivity index (χ1n) is 6.18. The van der Waals surface area contributed by atoms with Gasteiger partial charge >= 0.3 is 0 Å². The third-order valence-electron chi connectivity index (χ3n) is 3.48. The van der Waals surface area contributed by atoms with Crippen LogP contribution >= 0.6 is 0 Å². The van der Waals surface area contributed by atoms with Crippen molar-refractivity contribution in [2.24, 2.45) is 0 Å². The number of nitrogens with two attached hydrogens (primary N) is 1. The molecule has 1 aliphatic rings. The number of pyridine rings is 1. The predicted octanol–water partition coefficient (Wildman–Crippen LogP) is 2.07. The van der Waals surface area contributed by atoms with Gasteiger partial charge in [-0.1, -0.05) is 13.0 Å². The molecule has 0 aliphatic carbocycles. The summed E-state index contributed by atoms with van der Waals surface area (Å²) in [6.45, 7) is 4.22. The highest BCUT2D eigenvalue weighted by Gasteiger charge is 2.34. The molecule has 0 radical (unpaired) electrons. The van der Waals surface area contributed by atoms with E-state index in [1.807, 2.05) is 4.90 Å². The molecule has 1 saturated heterocycles. The van der Waals surface area contributed by atoms with Gasteiger partial charge in [0.15, 0.2) is 0 Å². The van der Waals surface area contributed by atoms with Crippen molar-refractivity contribution in [1.82, 2.24) is 9.88 Å². The highest BCUT2D eigenvalue weighted by atomic mass is 16.2. The Hall–Kier alpha value is -1.58. The Balaban J connectivity index is 2.24. The number of carbonyl (C=O) groups excluding carboxylic acids is 1. The fourth-order valence-corrected chi connectivity index (χ4v) is 2.54. The van der Waals surface area contributed by atoms with Crippen LogP contribution in [0.3, 0.4) is 0 Å². The van der Waals surface area contributed by atoms with Gasteiger partial charge in [0.25, 0.3) is 5.91 Å². The first kappa shape index (κ1) is 11.9. The SMILES string of the molecule is CCC1CCC(C)N1C(=O)c1cccc(N)n1. The molecule has 92 valence electrons. The van der Waals surface area contributed by atoms with Crippen LogP contribution in [0.5, 0.6) is 0 Å². The first-order chi connectivity index (χ1) is 8.13. The monoisotopic (exact) mass is 233 g/mol. The summed E-state index contributed by atoms with van der Waals surface area (Å²) in [5.74, 6) is 0.407. The van der Waals surface area contributed by atoms with E-state index in [9.17, 15) is 4.79 Å². The Bertz CT molecular complexity index is 419. The lowest BCUT2D eigenvalue weighted by Crippen LogP contribution is -2.40. The van der Waals surface area contributed by atoms with Gasteiger partial charge in [-0.25, -0.2) is 4.98 Å². The fourth-order valence-electron chi connectivity index (χ4n) is 2.54. The maximum atomic E-state index is 12.4. The largest absolute Gasteiger partial charge is 0.384 e. The van der Waals surface area contributed by atoms with Crippen LogP contribution in [-0.2, 0) is 0 Å². The molecule has 1 aromatic heterocycles. The van der Waals surface area contributed by atoms with Crippen LogP contribution in [0.2, 0.25) is 0 Å². The maximum absolute atomic E-state index is 12.4. The van der Waals surface area contributed by atoms with Crippen LogP contribution in [0.25, 0.3) is 0 Å². The molecule has 0 saturated carbocycles. The number of hydrogen-bond donors (Lipinski definition) is 1. The van der Waals surface area contributed by atoms with Crippen molar-refractivity contribution in [3.8, 4) is 0 Å². The number of likely N-dealkylation sites (tertiary alicyclic amines) is 1. The Morgan fingerprint density at radius 3 is 2.94 bits per heavy atom. The number of carbonyl (C=O) groups is 1. The molecule has 2 unspecified atom stereocenters. The van der Waals surface area contributed by atoms with Crippen LogP contribution < -0.4 is 5.73 Å². The van der Waals surface area contributed by atoms with Crippen LogP contribution in [-0.4, -0.2) is 27.9 Å². The summed E-state index contributed by atoms with van der Waals surface area (Å²) < 4.78 is 0. The van der Waals surface area contributed by atoms with E-state index >= 15 is 0 Å². The zero-order valence-corrected chi connectivity index (χ0v) is 10.4. The molecule has 2 N–H and O–H groups in total. The van der Waals surface area contributed by atoms with Gasteiger partial charge in [-0.05, 0) is 38.3 Å². The molecule has 0 aromatic carbocycles. The van der Waals surface area contributed by atoms with Gasteiger partial charge in [-0.2, -0.15) is 0 Å². The van der Waals surface area contributed by atoms with Gasteiger partial charge in [0, 0.05) is 12.1 Å². The van der Waals surface area contributed by atoms with Crippen LogP contribution in [0.15, 0.2) is 18.2 Å². The van der Waals surface area contributed by atoms with E-state index in [1.54, 1.807) is 18.2 Å². The van der Waals surface area contributed by atoms with Gasteiger partial charge < -0.3 is 10.6 Å². The van der Waals surface area contributed by atoms with E-state index in [4.69, 9.17) is 5.73 Å². The number of hydrogen-bond acceptors (Lipinski definition) is 3. The molecule has 0 bridgehead atoms. The number of aromatic nitrogens is 1. The van der Waals surface area contributed by atoms with Gasteiger partial charge in [0.05, 0.1) is 0 Å². The average molecular weight is 233 g/mol. The topological polar surface area (TPSA) is 59.2 Å². The number of nitrogen functional groups attached to an aromatic ring is 1. The lowest BCUT2D eigenvalue weighted by atomic mass is 10.1. The van der Waals surface area contributed by atoms with Gasteiger partial charge in [0.2, 0.25) is 0 Å². The minimum atomic E-state index is 0.00847. The molecule has 1 amide bonds. The number of rotatable bonds is 2. The Kier molecular flexibility index (Phi) is 3.31. The molecular weight excluding hydrogens is 214 g/mol. The van der Waals surface area contributed by atoms with Crippen molar-refractivity contribution in [2.75, 3.05) is 5.73 Å². The number of amides is 1. The zero-order valence-electron chi connectivity index (χ0n) is 10.4. The molecular formula is C13H19N3O. The second kappa shape index (κ2) is 4.73. The minimum absolute atomic E-state index is 0.00847. The molecule has 4 nitrogen and oxygen atoms in total. The Labute approximate surface area is 102 Å². The first-order valence-corrected chi connectivity index (χ1v) is 6.18. The second-order valence-electron chi connectivity index (χ2n) is 4.65. The summed E-state index contributed by atoms with van der Waals surface area (Å²) in [4.78, 5) is 18.5. The highest BCUT2D eigenvalue weighted by Crippen LogP contribution is 2.27. The van der Waals surface area contributed by atoms with E-state index < -0.39 is 0 Å². The molecule has 1 fully saturated rings. The number of anilines is 1. The normalized spacial score (nSPS) is 24.0. The second-order valence-corrected chi connectivity index (χ2v) is 4.65. The summed E-state index contributed by atoms with van der Waals surface area (Å²) >= 11 is 0. The third kappa shape index (κ3) is 2.25. The molecule has 1 aromatic rings. The van der Waals surface area contributed by atoms with Crippen LogP contribution in [0.4, 0.5) is 5.82 Å². The van der Waals surface area contributed by atoms with Crippen molar-refractivity contribution in [3.05, 3.63) is 23.9 Å². The molecule has 2 rings (SSSR count). The molecule has 0 spiro atoms. The average Bonchev–Trinajstić information content (AvgIpc) is 2.69. The molecule has 4 heteroatoms. The molecule has 2 heterocycles. The summed E-state index contributed by atoms with van der Waals surface area (Å²) in [5, 5.41) is 0. The molecule has 17 heavy (non-hydrogen) atoms. The van der Waals surface area contributed by atoms with Crippen molar-refractivity contribution in [2.45, 2.75) is 45.2 Å². The zero-order chi connectivity index (χ0) is 12.4. The Morgan fingerprint density at radius 1 is 1.53 bits per heavy atom. The third-order valence-corrected chi connectivity index (χ3v) is 3.48. The quantitative estimate of drug-likeness (QED) is 0.850. The van der Waals surface area contributed by atoms with Crippen molar-refractivity contribution < 1.29 is 4.79 Å². The van der Waals surface area contributed by atoms with Crippen molar-refractivity contribution >= 4 is 11.7 Å². The van der Waals surface area contributed by atoms with Gasteiger partial charge in [0.1, 0.15) is 11.5 Å². The van der Waals surface area contributed by atoms with Gasteiger partial charge in [-0.15, -0.1) is 0 Å². The highest BCUT2D eigenvalue weighted by molar-refractivity contribution is 5.93. The van der Waals surface area contributed by atoms with E-state index in [0.717, 1.165) is 19.3 Å². The van der Waals surface area contributed by atoms with E-state index in [1.165, 1.54) is 0 Å². The van der Waals surface area contributed by atoms with Crippen LogP contribution in [0.1, 0.15) is 43.6 Å². The van der Waals surface area contributed by atoms with E-state index in [-0.39, 0.29) is 5.91 Å². The lowest BCUT2D eigenvalue weighted by Gasteiger charge is -2.27. The summed E-state index contributed by atoms with van der Waals surface area (Å²) in [6.07, 6.45) is 3.16. The van der Waals surface area contributed by atoms with E-state index in [2.05, 4.69) is 18.8 Å². The standard InChI is InChI=1S/C13H19N3O/c1-3-10-8-7-9(2)16(10)13(17)11-5-4-6-12(14)15-11/h4-6,9-10H,3,7-8H2,1-2H3,(H2,14,15). The summed E-state index contributed by atoms with van der Waals surface area (Å²) in [5.41, 5.74) is 6.07. The fraction of sp³-hybridized carbons (Fsp3) is 0.538. The number of nitrogens with zero attached hydrogens (tertiary/aromatic N) is 2. The van der Waals surface area contributed by atoms with Crippen LogP contribution in [0, 0.1) is 0 Å². The smallest absolute Gasteiger partial charge is 0.273 e. The molecule has 2 atom stereocenters. The van der Waals surface area contributed by atoms with Crippen molar-refractivity contribution in [3.63, 3.8) is 0 Å². The van der Waals surface area contributed by atoms with Gasteiger partial charge in [-0.3, -0.25) is 4.79 Å². The Morgan fingerprint density at radius 2 is 2.29 bits per heavy atom. The molecule has 1 aliphatic heterocycles. The predicted molar refractivity (Wildman–Crippen MR) is 67.6 cm³/mol. The lowest BCUT2D eigenvalue weighted by molar-refractivity contribution is 0.0670. The summed E-state index contributed by atoms with van der Waals surface area (Å²) in [6, 6.07) is 5.85. The minimum Gasteiger partial charge on any atom is -0.384 e. The summed E-state index contributed by atoms with van der Waals surface area (Å²) in [7, 11) is 0. The van der Waals surface area contributed by atoms with E-state index in [0.29, 0.717) is 23.6 Å². The maximum Gasteiger partial charge on any atom is 0.273 e.